The second-order valence-corrected chi connectivity index (χ2v) is 3.62. The highest BCUT2D eigenvalue weighted by Crippen LogP contribution is 2.31. The molecule has 0 aliphatic heterocycles. The van der Waals surface area contributed by atoms with E-state index >= 15 is 0 Å². The van der Waals surface area contributed by atoms with Crippen LogP contribution in [0.15, 0.2) is 30.3 Å². The number of amides is 1. The Bertz CT molecular complexity index is 437. The van der Waals surface area contributed by atoms with Crippen LogP contribution < -0.4 is 11.1 Å². The van der Waals surface area contributed by atoms with Gasteiger partial charge in [0.1, 0.15) is 6.04 Å². The highest BCUT2D eigenvalue weighted by Gasteiger charge is 2.48. The number of hydrogen-bond acceptors (Lipinski definition) is 3. The molecule has 5 nitrogen and oxygen atoms in total. The van der Waals surface area contributed by atoms with Crippen LogP contribution in [0.4, 0.5) is 8.78 Å². The summed E-state index contributed by atoms with van der Waals surface area (Å²) in [5.74, 6) is -7.16. The van der Waals surface area contributed by atoms with Gasteiger partial charge in [0, 0.05) is 0 Å². The Morgan fingerprint density at radius 1 is 1.33 bits per heavy atom. The molecular formula is C11H12F2N2O3. The third-order valence-corrected chi connectivity index (χ3v) is 2.26. The Morgan fingerprint density at radius 3 is 2.33 bits per heavy atom. The van der Waals surface area contributed by atoms with Gasteiger partial charge in [-0.05, 0) is 5.56 Å². The average Bonchev–Trinajstić information content (AvgIpc) is 2.29. The summed E-state index contributed by atoms with van der Waals surface area (Å²) in [6.45, 7) is -0.539. The number of nitrogens with two attached hydrogens (primary N) is 1. The second kappa shape index (κ2) is 5.54. The van der Waals surface area contributed by atoms with Crippen molar-refractivity contribution in [2.75, 3.05) is 6.54 Å². The Morgan fingerprint density at radius 2 is 1.89 bits per heavy atom. The van der Waals surface area contributed by atoms with Gasteiger partial charge < -0.3 is 10.8 Å². The molecule has 18 heavy (non-hydrogen) atoms. The average molecular weight is 258 g/mol. The minimum atomic E-state index is -4.04. The van der Waals surface area contributed by atoms with E-state index in [1.54, 1.807) is 6.07 Å². The lowest BCUT2D eigenvalue weighted by Crippen LogP contribution is -2.45. The minimum Gasteiger partial charge on any atom is -0.477 e. The van der Waals surface area contributed by atoms with Crippen LogP contribution in [0.1, 0.15) is 11.6 Å². The fourth-order valence-corrected chi connectivity index (χ4v) is 1.43. The highest BCUT2D eigenvalue weighted by atomic mass is 19.3. The molecule has 0 saturated heterocycles. The third kappa shape index (κ3) is 3.24. The lowest BCUT2D eigenvalue weighted by atomic mass is 10.0. The largest absolute Gasteiger partial charge is 0.477 e. The number of benzene rings is 1. The second-order valence-electron chi connectivity index (χ2n) is 3.62. The van der Waals surface area contributed by atoms with Gasteiger partial charge in [0.05, 0.1) is 6.54 Å². The van der Waals surface area contributed by atoms with Crippen LogP contribution >= 0.6 is 0 Å². The van der Waals surface area contributed by atoms with Crippen molar-refractivity contribution in [3.8, 4) is 0 Å². The first-order chi connectivity index (χ1) is 8.35. The van der Waals surface area contributed by atoms with Crippen molar-refractivity contribution >= 4 is 11.9 Å². The van der Waals surface area contributed by atoms with E-state index in [0.717, 1.165) is 0 Å². The summed E-state index contributed by atoms with van der Waals surface area (Å²) in [6.07, 6.45) is 0. The molecule has 7 heteroatoms. The molecule has 0 aliphatic rings. The van der Waals surface area contributed by atoms with Gasteiger partial charge in [0.15, 0.2) is 0 Å². The van der Waals surface area contributed by atoms with E-state index in [4.69, 9.17) is 10.8 Å². The number of hydrogen-bond donors (Lipinski definition) is 3. The van der Waals surface area contributed by atoms with Gasteiger partial charge in [0.2, 0.25) is 5.91 Å². The van der Waals surface area contributed by atoms with Crippen LogP contribution in [-0.2, 0) is 9.59 Å². The normalized spacial score (nSPS) is 13.0. The predicted molar refractivity (Wildman–Crippen MR) is 59.0 cm³/mol. The number of carboxylic acid groups (broad SMARTS) is 1. The number of rotatable bonds is 6. The maximum atomic E-state index is 13.5. The van der Waals surface area contributed by atoms with Crippen molar-refractivity contribution in [3.05, 3.63) is 35.9 Å². The Labute approximate surface area is 102 Å². The predicted octanol–water partition coefficient (Wildman–Crippen LogP) is 0.522. The van der Waals surface area contributed by atoms with Crippen LogP contribution in [0, 0.1) is 0 Å². The smallest absolute Gasteiger partial charge is 0.376 e. The minimum absolute atomic E-state index is 0.0613. The van der Waals surface area contributed by atoms with Gasteiger partial charge in [0.25, 0.3) is 0 Å². The van der Waals surface area contributed by atoms with Crippen molar-refractivity contribution in [2.45, 2.75) is 12.0 Å². The van der Waals surface area contributed by atoms with Crippen LogP contribution in [0.3, 0.4) is 0 Å². The number of carboxylic acids is 1. The molecule has 0 radical (unpaired) electrons. The van der Waals surface area contributed by atoms with Crippen molar-refractivity contribution in [1.82, 2.24) is 5.32 Å². The molecule has 98 valence electrons. The number of carbonyl (C=O) groups excluding carboxylic acids is 1. The maximum Gasteiger partial charge on any atom is 0.376 e. The molecular weight excluding hydrogens is 246 g/mol. The summed E-state index contributed by atoms with van der Waals surface area (Å²) in [6, 6.07) is 5.46. The molecule has 0 fully saturated rings. The molecule has 1 rings (SSSR count). The molecule has 0 aromatic heterocycles. The van der Waals surface area contributed by atoms with Gasteiger partial charge in [-0.15, -0.1) is 0 Å². The molecule has 4 N–H and O–H groups in total. The van der Waals surface area contributed by atoms with Gasteiger partial charge in [-0.25, -0.2) is 4.79 Å². The lowest BCUT2D eigenvalue weighted by molar-refractivity contribution is -0.170. The van der Waals surface area contributed by atoms with Crippen LogP contribution in [-0.4, -0.2) is 29.5 Å². The SMILES string of the molecule is NC(=O)CNC(c1ccccc1)C(F)(F)C(=O)O. The van der Waals surface area contributed by atoms with Crippen LogP contribution in [0.2, 0.25) is 0 Å². The van der Waals surface area contributed by atoms with Gasteiger partial charge >= 0.3 is 11.9 Å². The summed E-state index contributed by atoms with van der Waals surface area (Å²) in [4.78, 5) is 21.2. The Balaban J connectivity index is 3.03. The molecule has 0 saturated carbocycles. The Hall–Kier alpha value is -2.02. The van der Waals surface area contributed by atoms with Crippen molar-refractivity contribution in [3.63, 3.8) is 0 Å². The first kappa shape index (κ1) is 14.0. The number of aliphatic carboxylic acids is 1. The molecule has 1 aromatic carbocycles. The first-order valence-electron chi connectivity index (χ1n) is 5.03. The number of carbonyl (C=O) groups is 2. The standard InChI is InChI=1S/C11H12F2N2O3/c12-11(13,10(17)18)9(15-6-8(14)16)7-4-2-1-3-5-7/h1-5,9,15H,6H2,(H2,14,16)(H,17,18). The van der Waals surface area contributed by atoms with Crippen molar-refractivity contribution < 1.29 is 23.5 Å². The molecule has 1 atom stereocenters. The zero-order valence-corrected chi connectivity index (χ0v) is 9.27. The Kier molecular flexibility index (Phi) is 4.33. The highest BCUT2D eigenvalue weighted by molar-refractivity contribution is 5.78. The zero-order valence-electron chi connectivity index (χ0n) is 9.27. The quantitative estimate of drug-likeness (QED) is 0.693. The zero-order chi connectivity index (χ0) is 13.8. The molecule has 0 heterocycles. The monoisotopic (exact) mass is 258 g/mol. The van der Waals surface area contributed by atoms with E-state index in [-0.39, 0.29) is 5.56 Å². The molecule has 1 unspecified atom stereocenters. The van der Waals surface area contributed by atoms with E-state index < -0.39 is 30.4 Å². The number of alkyl halides is 2. The van der Waals surface area contributed by atoms with Crippen LogP contribution in [0.25, 0.3) is 0 Å². The summed E-state index contributed by atoms with van der Waals surface area (Å²) < 4.78 is 27.1. The van der Waals surface area contributed by atoms with Crippen LogP contribution in [0.5, 0.6) is 0 Å². The van der Waals surface area contributed by atoms with Crippen molar-refractivity contribution in [2.24, 2.45) is 5.73 Å². The first-order valence-corrected chi connectivity index (χ1v) is 5.03. The lowest BCUT2D eigenvalue weighted by Gasteiger charge is -2.24. The van der Waals surface area contributed by atoms with E-state index in [9.17, 15) is 18.4 Å². The molecule has 1 amide bonds. The van der Waals surface area contributed by atoms with E-state index in [0.29, 0.717) is 0 Å². The summed E-state index contributed by atoms with van der Waals surface area (Å²) in [5, 5.41) is 10.7. The number of halogens is 2. The molecule has 0 aliphatic carbocycles. The topological polar surface area (TPSA) is 92.4 Å². The number of nitrogens with one attached hydrogen (secondary N) is 1. The summed E-state index contributed by atoms with van der Waals surface area (Å²) in [5.41, 5.74) is 4.91. The van der Waals surface area contributed by atoms with Crippen molar-refractivity contribution in [1.29, 1.82) is 0 Å². The number of primary amides is 1. The van der Waals surface area contributed by atoms with E-state index in [2.05, 4.69) is 5.32 Å². The fraction of sp³-hybridized carbons (Fsp3) is 0.273. The molecule has 0 bridgehead atoms. The van der Waals surface area contributed by atoms with Gasteiger partial charge in [-0.3, -0.25) is 10.1 Å². The molecule has 1 aromatic rings. The maximum absolute atomic E-state index is 13.5. The van der Waals surface area contributed by atoms with E-state index in [1.807, 2.05) is 0 Å². The fourth-order valence-electron chi connectivity index (χ4n) is 1.43. The third-order valence-electron chi connectivity index (χ3n) is 2.26. The summed E-state index contributed by atoms with van der Waals surface area (Å²) >= 11 is 0. The van der Waals surface area contributed by atoms with Gasteiger partial charge in [-0.2, -0.15) is 8.78 Å². The molecule has 0 spiro atoms. The summed E-state index contributed by atoms with van der Waals surface area (Å²) in [7, 11) is 0. The van der Waals surface area contributed by atoms with E-state index in [1.165, 1.54) is 24.3 Å². The van der Waals surface area contributed by atoms with Gasteiger partial charge in [-0.1, -0.05) is 30.3 Å².